The van der Waals surface area contributed by atoms with Crippen LogP contribution in [-0.4, -0.2) is 20.3 Å². The first-order valence-corrected chi connectivity index (χ1v) is 5.03. The molecular formula is C11H12F3N3O. The highest BCUT2D eigenvalue weighted by Crippen LogP contribution is 2.35. The predicted molar refractivity (Wildman–Crippen MR) is 60.9 cm³/mol. The van der Waals surface area contributed by atoms with E-state index in [2.05, 4.69) is 5.32 Å². The summed E-state index contributed by atoms with van der Waals surface area (Å²) in [6, 6.07) is 3.33. The Balaban J connectivity index is 3.11. The lowest BCUT2D eigenvalue weighted by atomic mass is 10.1. The van der Waals surface area contributed by atoms with Crippen molar-refractivity contribution in [3.63, 3.8) is 0 Å². The second kappa shape index (κ2) is 5.60. The molecule has 18 heavy (non-hydrogen) atoms. The topological polar surface area (TPSA) is 71.1 Å². The molecule has 0 saturated carbocycles. The van der Waals surface area contributed by atoms with Gasteiger partial charge in [-0.2, -0.15) is 18.4 Å². The lowest BCUT2D eigenvalue weighted by molar-refractivity contribution is -0.137. The van der Waals surface area contributed by atoms with E-state index in [0.29, 0.717) is 13.2 Å². The van der Waals surface area contributed by atoms with Gasteiger partial charge in [-0.15, -0.1) is 0 Å². The van der Waals surface area contributed by atoms with Crippen molar-refractivity contribution in [3.05, 3.63) is 23.3 Å². The van der Waals surface area contributed by atoms with E-state index in [0.717, 1.165) is 12.1 Å². The Kier molecular flexibility index (Phi) is 4.39. The molecular weight excluding hydrogens is 247 g/mol. The summed E-state index contributed by atoms with van der Waals surface area (Å²) in [7, 11) is 1.48. The molecule has 0 atom stereocenters. The van der Waals surface area contributed by atoms with Crippen LogP contribution >= 0.6 is 0 Å². The Bertz CT molecular complexity index is 466. The molecule has 0 aliphatic rings. The summed E-state index contributed by atoms with van der Waals surface area (Å²) in [5.74, 6) is 0. The van der Waals surface area contributed by atoms with Crippen LogP contribution in [-0.2, 0) is 10.9 Å². The minimum Gasteiger partial charge on any atom is -0.397 e. The summed E-state index contributed by atoms with van der Waals surface area (Å²) in [5.41, 5.74) is 4.31. The summed E-state index contributed by atoms with van der Waals surface area (Å²) >= 11 is 0. The van der Waals surface area contributed by atoms with Crippen LogP contribution < -0.4 is 11.1 Å². The summed E-state index contributed by atoms with van der Waals surface area (Å²) in [6.07, 6.45) is -4.59. The van der Waals surface area contributed by atoms with Gasteiger partial charge in [-0.3, -0.25) is 0 Å². The van der Waals surface area contributed by atoms with Crippen molar-refractivity contribution in [1.82, 2.24) is 0 Å². The van der Waals surface area contributed by atoms with Crippen molar-refractivity contribution in [2.75, 3.05) is 31.3 Å². The van der Waals surface area contributed by atoms with E-state index >= 15 is 0 Å². The monoisotopic (exact) mass is 259 g/mol. The summed E-state index contributed by atoms with van der Waals surface area (Å²) < 4.78 is 42.8. The molecule has 0 heterocycles. The highest BCUT2D eigenvalue weighted by atomic mass is 19.4. The number of anilines is 2. The SMILES string of the molecule is COCCNc1cc(C(F)(F)F)c(C#N)cc1N. The molecule has 0 unspecified atom stereocenters. The van der Waals surface area contributed by atoms with Gasteiger partial charge in [0.15, 0.2) is 0 Å². The first kappa shape index (κ1) is 14.1. The van der Waals surface area contributed by atoms with Crippen LogP contribution in [0.4, 0.5) is 24.5 Å². The number of nitrogen functional groups attached to an aromatic ring is 1. The van der Waals surface area contributed by atoms with Crippen LogP contribution in [0.2, 0.25) is 0 Å². The third-order valence-corrected chi connectivity index (χ3v) is 2.24. The first-order valence-electron chi connectivity index (χ1n) is 5.03. The number of nitrogens with zero attached hydrogens (tertiary/aromatic N) is 1. The number of hydrogen-bond donors (Lipinski definition) is 2. The van der Waals surface area contributed by atoms with Crippen LogP contribution in [0.5, 0.6) is 0 Å². The zero-order valence-corrected chi connectivity index (χ0v) is 9.64. The summed E-state index contributed by atoms with van der Waals surface area (Å²) in [5, 5.41) is 11.4. The van der Waals surface area contributed by atoms with Crippen molar-refractivity contribution in [2.45, 2.75) is 6.18 Å². The Morgan fingerprint density at radius 3 is 2.61 bits per heavy atom. The van der Waals surface area contributed by atoms with Gasteiger partial charge in [-0.1, -0.05) is 0 Å². The van der Waals surface area contributed by atoms with Gasteiger partial charge in [0.1, 0.15) is 0 Å². The maximum Gasteiger partial charge on any atom is 0.417 e. The number of hydrogen-bond acceptors (Lipinski definition) is 4. The second-order valence-electron chi connectivity index (χ2n) is 3.51. The highest BCUT2D eigenvalue weighted by Gasteiger charge is 2.34. The van der Waals surface area contributed by atoms with Crippen LogP contribution in [0.15, 0.2) is 12.1 Å². The molecule has 0 bridgehead atoms. The van der Waals surface area contributed by atoms with E-state index in [1.165, 1.54) is 13.2 Å². The number of ether oxygens (including phenoxy) is 1. The van der Waals surface area contributed by atoms with Gasteiger partial charge in [-0.25, -0.2) is 0 Å². The highest BCUT2D eigenvalue weighted by molar-refractivity contribution is 5.70. The molecule has 1 aromatic carbocycles. The molecule has 0 aliphatic carbocycles. The van der Waals surface area contributed by atoms with E-state index < -0.39 is 17.3 Å². The molecule has 0 radical (unpaired) electrons. The minimum atomic E-state index is -4.59. The van der Waals surface area contributed by atoms with Crippen molar-refractivity contribution >= 4 is 11.4 Å². The number of benzene rings is 1. The lowest BCUT2D eigenvalue weighted by Gasteiger charge is -2.14. The zero-order chi connectivity index (χ0) is 13.8. The smallest absolute Gasteiger partial charge is 0.397 e. The fraction of sp³-hybridized carbons (Fsp3) is 0.364. The van der Waals surface area contributed by atoms with E-state index in [4.69, 9.17) is 15.7 Å². The van der Waals surface area contributed by atoms with Gasteiger partial charge in [0, 0.05) is 13.7 Å². The fourth-order valence-electron chi connectivity index (χ4n) is 1.38. The summed E-state index contributed by atoms with van der Waals surface area (Å²) in [4.78, 5) is 0. The molecule has 3 N–H and O–H groups in total. The average Bonchev–Trinajstić information content (AvgIpc) is 2.29. The number of halogens is 3. The van der Waals surface area contributed by atoms with Gasteiger partial charge in [0.2, 0.25) is 0 Å². The summed E-state index contributed by atoms with van der Waals surface area (Å²) in [6.45, 7) is 0.657. The molecule has 0 saturated heterocycles. The van der Waals surface area contributed by atoms with Crippen LogP contribution in [0.25, 0.3) is 0 Å². The maximum absolute atomic E-state index is 12.7. The van der Waals surface area contributed by atoms with Crippen molar-refractivity contribution in [3.8, 4) is 6.07 Å². The number of nitrogens with two attached hydrogens (primary N) is 1. The van der Waals surface area contributed by atoms with Gasteiger partial charge >= 0.3 is 6.18 Å². The minimum absolute atomic E-state index is 0.0932. The number of methoxy groups -OCH3 is 1. The van der Waals surface area contributed by atoms with Crippen LogP contribution in [0.1, 0.15) is 11.1 Å². The number of nitriles is 1. The molecule has 0 aromatic heterocycles. The number of nitrogens with one attached hydrogen (secondary N) is 1. The van der Waals surface area contributed by atoms with Gasteiger partial charge in [0.05, 0.1) is 35.2 Å². The largest absolute Gasteiger partial charge is 0.417 e. The molecule has 1 aromatic rings. The molecule has 1 rings (SSSR count). The second-order valence-corrected chi connectivity index (χ2v) is 3.51. The van der Waals surface area contributed by atoms with E-state index in [-0.39, 0.29) is 11.4 Å². The first-order chi connectivity index (χ1) is 8.40. The lowest BCUT2D eigenvalue weighted by Crippen LogP contribution is -2.13. The van der Waals surface area contributed by atoms with Crippen LogP contribution in [0.3, 0.4) is 0 Å². The quantitative estimate of drug-likeness (QED) is 0.642. The Labute approximate surface area is 102 Å². The van der Waals surface area contributed by atoms with Gasteiger partial charge in [-0.05, 0) is 12.1 Å². The molecule has 0 aliphatic heterocycles. The maximum atomic E-state index is 12.7. The third-order valence-electron chi connectivity index (χ3n) is 2.24. The molecule has 0 amide bonds. The van der Waals surface area contributed by atoms with Crippen molar-refractivity contribution < 1.29 is 17.9 Å². The number of alkyl halides is 3. The predicted octanol–water partition coefficient (Wildman–Crippen LogP) is 2.22. The molecule has 0 fully saturated rings. The standard InChI is InChI=1S/C11H12F3N3O/c1-18-3-2-17-10-5-8(11(12,13)14)7(6-15)4-9(10)16/h4-5,17H,2-3,16H2,1H3. The third kappa shape index (κ3) is 3.28. The molecule has 7 heteroatoms. The van der Waals surface area contributed by atoms with Crippen molar-refractivity contribution in [1.29, 1.82) is 5.26 Å². The Hall–Kier alpha value is -1.94. The van der Waals surface area contributed by atoms with Crippen LogP contribution in [0, 0.1) is 11.3 Å². The van der Waals surface area contributed by atoms with Crippen molar-refractivity contribution in [2.24, 2.45) is 0 Å². The average molecular weight is 259 g/mol. The van der Waals surface area contributed by atoms with Gasteiger partial charge < -0.3 is 15.8 Å². The normalized spacial score (nSPS) is 11.1. The Morgan fingerprint density at radius 2 is 2.11 bits per heavy atom. The van der Waals surface area contributed by atoms with E-state index in [9.17, 15) is 13.2 Å². The van der Waals surface area contributed by atoms with E-state index in [1.807, 2.05) is 0 Å². The molecule has 98 valence electrons. The molecule has 0 spiro atoms. The van der Waals surface area contributed by atoms with Gasteiger partial charge in [0.25, 0.3) is 0 Å². The molecule has 4 nitrogen and oxygen atoms in total. The fourth-order valence-corrected chi connectivity index (χ4v) is 1.38. The van der Waals surface area contributed by atoms with E-state index in [1.54, 1.807) is 0 Å². The zero-order valence-electron chi connectivity index (χ0n) is 9.64. The Morgan fingerprint density at radius 1 is 1.44 bits per heavy atom. The number of rotatable bonds is 4.